The van der Waals surface area contributed by atoms with E-state index < -0.39 is 12.0 Å². The van der Waals surface area contributed by atoms with Crippen LogP contribution in [0.5, 0.6) is 0 Å². The number of likely N-dealkylation sites (tertiary alicyclic amines) is 1. The molecule has 1 saturated heterocycles. The van der Waals surface area contributed by atoms with Gasteiger partial charge in [-0.05, 0) is 51.5 Å². The van der Waals surface area contributed by atoms with E-state index in [1.165, 1.54) is 6.92 Å². The molecule has 1 aliphatic rings. The monoisotopic (exact) mass is 437 g/mol. The molecule has 1 fully saturated rings. The lowest BCUT2D eigenvalue weighted by Crippen LogP contribution is -2.59. The van der Waals surface area contributed by atoms with E-state index in [0.29, 0.717) is 6.04 Å². The van der Waals surface area contributed by atoms with Crippen LogP contribution in [0.25, 0.3) is 0 Å². The minimum atomic E-state index is -0.998. The molecule has 2 N–H and O–H groups in total. The Morgan fingerprint density at radius 3 is 2.23 bits per heavy atom. The fourth-order valence-electron chi connectivity index (χ4n) is 4.21. The first-order valence-corrected chi connectivity index (χ1v) is 11.7. The average Bonchev–Trinajstić information content (AvgIpc) is 2.73. The normalized spacial score (nSPS) is 21.0. The number of piperidine rings is 1. The van der Waals surface area contributed by atoms with Gasteiger partial charge < -0.3 is 15.3 Å². The van der Waals surface area contributed by atoms with Gasteiger partial charge in [-0.25, -0.2) is 4.79 Å². The highest BCUT2D eigenvalue weighted by atomic mass is 16.4. The summed E-state index contributed by atoms with van der Waals surface area (Å²) < 4.78 is 0. The van der Waals surface area contributed by atoms with E-state index >= 15 is 0 Å². The average molecular weight is 438 g/mol. The van der Waals surface area contributed by atoms with Gasteiger partial charge in [-0.15, -0.1) is 0 Å². The van der Waals surface area contributed by atoms with Gasteiger partial charge in [-0.2, -0.15) is 0 Å². The van der Waals surface area contributed by atoms with Crippen LogP contribution in [0.3, 0.4) is 0 Å². The number of rotatable bonds is 10. The van der Waals surface area contributed by atoms with Gasteiger partial charge in [-0.3, -0.25) is 14.5 Å². The standard InChI is InChI=1S/C24H43N3O4/c1-9-18(7)27-13-11-10-12-19(27)22(28)25-21(16(4)5)23(29)26(8)20(15(2)3)14-17(6)24(30)31/h14-16,18-21H,9-13H2,1-8H3,(H,25,28)(H,30,31)/b17-14+. The molecule has 0 spiro atoms. The van der Waals surface area contributed by atoms with Crippen molar-refractivity contribution in [3.05, 3.63) is 11.6 Å². The summed E-state index contributed by atoms with van der Waals surface area (Å²) in [6.45, 7) is 14.5. The second-order valence-electron chi connectivity index (χ2n) is 9.58. The molecule has 178 valence electrons. The first kappa shape index (κ1) is 27.1. The van der Waals surface area contributed by atoms with Crippen molar-refractivity contribution >= 4 is 17.8 Å². The molecule has 1 heterocycles. The number of nitrogens with one attached hydrogen (secondary N) is 1. The predicted molar refractivity (Wildman–Crippen MR) is 124 cm³/mol. The molecule has 0 bridgehead atoms. The molecular formula is C24H43N3O4. The molecule has 0 aromatic rings. The zero-order valence-corrected chi connectivity index (χ0v) is 20.6. The van der Waals surface area contributed by atoms with Gasteiger partial charge in [0.05, 0.1) is 12.1 Å². The minimum Gasteiger partial charge on any atom is -0.478 e. The highest BCUT2D eigenvalue weighted by Crippen LogP contribution is 2.22. The quantitative estimate of drug-likeness (QED) is 0.512. The lowest BCUT2D eigenvalue weighted by molar-refractivity contribution is -0.140. The highest BCUT2D eigenvalue weighted by molar-refractivity contribution is 5.90. The van der Waals surface area contributed by atoms with Crippen LogP contribution in [-0.4, -0.2) is 70.4 Å². The second-order valence-corrected chi connectivity index (χ2v) is 9.58. The summed E-state index contributed by atoms with van der Waals surface area (Å²) >= 11 is 0. The maximum absolute atomic E-state index is 13.4. The number of amides is 2. The van der Waals surface area contributed by atoms with E-state index in [1.54, 1.807) is 18.0 Å². The Labute approximate surface area is 188 Å². The predicted octanol–water partition coefficient (Wildman–Crippen LogP) is 3.29. The van der Waals surface area contributed by atoms with Gasteiger partial charge in [0.25, 0.3) is 0 Å². The van der Waals surface area contributed by atoms with Crippen molar-refractivity contribution in [2.75, 3.05) is 13.6 Å². The number of likely N-dealkylation sites (N-methyl/N-ethyl adjacent to an activating group) is 1. The third-order valence-electron chi connectivity index (χ3n) is 6.47. The van der Waals surface area contributed by atoms with Crippen molar-refractivity contribution < 1.29 is 19.5 Å². The highest BCUT2D eigenvalue weighted by Gasteiger charge is 2.36. The van der Waals surface area contributed by atoms with Crippen LogP contribution >= 0.6 is 0 Å². The molecule has 4 atom stereocenters. The third kappa shape index (κ3) is 7.34. The number of aliphatic carboxylic acids is 1. The zero-order chi connectivity index (χ0) is 23.9. The molecular weight excluding hydrogens is 394 g/mol. The Balaban J connectivity index is 3.06. The van der Waals surface area contributed by atoms with Crippen molar-refractivity contribution in [1.29, 1.82) is 0 Å². The van der Waals surface area contributed by atoms with Crippen LogP contribution in [0, 0.1) is 11.8 Å². The summed E-state index contributed by atoms with van der Waals surface area (Å²) in [6.07, 6.45) is 5.51. The van der Waals surface area contributed by atoms with Crippen LogP contribution in [0.15, 0.2) is 11.6 Å². The maximum atomic E-state index is 13.4. The summed E-state index contributed by atoms with van der Waals surface area (Å²) in [5.74, 6) is -1.33. The largest absolute Gasteiger partial charge is 0.478 e. The van der Waals surface area contributed by atoms with Crippen molar-refractivity contribution in [1.82, 2.24) is 15.1 Å². The Hall–Kier alpha value is -1.89. The Bertz CT molecular complexity index is 659. The molecule has 7 nitrogen and oxygen atoms in total. The van der Waals surface area contributed by atoms with Crippen molar-refractivity contribution in [3.8, 4) is 0 Å². The summed E-state index contributed by atoms with van der Waals surface area (Å²) in [6, 6.07) is -0.912. The van der Waals surface area contributed by atoms with E-state index in [2.05, 4.69) is 24.1 Å². The Morgan fingerprint density at radius 2 is 1.74 bits per heavy atom. The van der Waals surface area contributed by atoms with E-state index in [1.807, 2.05) is 27.7 Å². The summed E-state index contributed by atoms with van der Waals surface area (Å²) in [7, 11) is 1.69. The fourth-order valence-corrected chi connectivity index (χ4v) is 4.21. The smallest absolute Gasteiger partial charge is 0.331 e. The van der Waals surface area contributed by atoms with Crippen LogP contribution in [0.1, 0.15) is 74.1 Å². The molecule has 0 aromatic heterocycles. The molecule has 0 aliphatic carbocycles. The molecule has 2 amide bonds. The first-order chi connectivity index (χ1) is 14.4. The van der Waals surface area contributed by atoms with Gasteiger partial charge in [0.2, 0.25) is 11.8 Å². The number of hydrogen-bond donors (Lipinski definition) is 2. The van der Waals surface area contributed by atoms with E-state index in [9.17, 15) is 19.5 Å². The molecule has 1 aliphatic heterocycles. The van der Waals surface area contributed by atoms with Crippen molar-refractivity contribution in [3.63, 3.8) is 0 Å². The first-order valence-electron chi connectivity index (χ1n) is 11.7. The van der Waals surface area contributed by atoms with Gasteiger partial charge in [-0.1, -0.05) is 47.1 Å². The molecule has 4 unspecified atom stereocenters. The molecule has 0 aromatic carbocycles. The lowest BCUT2D eigenvalue weighted by Gasteiger charge is -2.40. The fraction of sp³-hybridized carbons (Fsp3) is 0.792. The molecule has 7 heteroatoms. The molecule has 1 rings (SSSR count). The van der Waals surface area contributed by atoms with Gasteiger partial charge in [0, 0.05) is 18.7 Å². The third-order valence-corrected chi connectivity index (χ3v) is 6.47. The van der Waals surface area contributed by atoms with Crippen LogP contribution in [0.4, 0.5) is 0 Å². The zero-order valence-electron chi connectivity index (χ0n) is 20.6. The van der Waals surface area contributed by atoms with Crippen LogP contribution in [-0.2, 0) is 14.4 Å². The molecule has 31 heavy (non-hydrogen) atoms. The van der Waals surface area contributed by atoms with Crippen molar-refractivity contribution in [2.45, 2.75) is 98.3 Å². The van der Waals surface area contributed by atoms with Gasteiger partial charge >= 0.3 is 5.97 Å². The maximum Gasteiger partial charge on any atom is 0.331 e. The van der Waals surface area contributed by atoms with Crippen LogP contribution < -0.4 is 5.32 Å². The Kier molecular flexibility index (Phi) is 10.7. The topological polar surface area (TPSA) is 90.0 Å². The second kappa shape index (κ2) is 12.2. The van der Waals surface area contributed by atoms with Crippen LogP contribution in [0.2, 0.25) is 0 Å². The van der Waals surface area contributed by atoms with E-state index in [4.69, 9.17) is 0 Å². The van der Waals surface area contributed by atoms with E-state index in [0.717, 1.165) is 32.2 Å². The number of nitrogens with zero attached hydrogens (tertiary/aromatic N) is 2. The SMILES string of the molecule is CCC(C)N1CCCCC1C(=O)NC(C(=O)N(C)C(/C=C(\C)C(=O)O)C(C)C)C(C)C. The summed E-state index contributed by atoms with van der Waals surface area (Å²) in [4.78, 5) is 41.8. The number of carbonyl (C=O) groups excluding carboxylic acids is 2. The lowest BCUT2D eigenvalue weighted by atomic mass is 9.95. The number of carbonyl (C=O) groups is 3. The van der Waals surface area contributed by atoms with Crippen molar-refractivity contribution in [2.24, 2.45) is 11.8 Å². The number of carboxylic acids is 1. The minimum absolute atomic E-state index is 0.0333. The van der Waals surface area contributed by atoms with Gasteiger partial charge in [0.1, 0.15) is 6.04 Å². The summed E-state index contributed by atoms with van der Waals surface area (Å²) in [5.41, 5.74) is 0.204. The number of carboxylic acid groups (broad SMARTS) is 1. The summed E-state index contributed by atoms with van der Waals surface area (Å²) in [5, 5.41) is 12.3. The molecule has 0 saturated carbocycles. The molecule has 0 radical (unpaired) electrons. The van der Waals surface area contributed by atoms with Gasteiger partial charge in [0.15, 0.2) is 0 Å². The Morgan fingerprint density at radius 1 is 1.13 bits per heavy atom. The van der Waals surface area contributed by atoms with E-state index in [-0.39, 0.29) is 41.3 Å². The number of hydrogen-bond acceptors (Lipinski definition) is 4.